The molecule has 1 aliphatic heterocycles. The number of piperidine rings is 1. The molecule has 132 valence electrons. The Kier molecular flexibility index (Phi) is 5.61. The van der Waals surface area contributed by atoms with Crippen molar-refractivity contribution in [2.75, 3.05) is 32.1 Å². The highest BCUT2D eigenvalue weighted by atomic mass is 35.5. The van der Waals surface area contributed by atoms with E-state index in [1.54, 1.807) is 6.20 Å². The number of rotatable bonds is 4. The van der Waals surface area contributed by atoms with Gasteiger partial charge in [0.1, 0.15) is 5.82 Å². The van der Waals surface area contributed by atoms with Crippen molar-refractivity contribution in [1.82, 2.24) is 15.2 Å². The quantitative estimate of drug-likeness (QED) is 0.906. The molecule has 0 aromatic carbocycles. The molecule has 24 heavy (non-hydrogen) atoms. The third kappa shape index (κ3) is 4.19. The van der Waals surface area contributed by atoms with Crippen molar-refractivity contribution >= 4 is 23.3 Å². The first-order valence-electron chi connectivity index (χ1n) is 8.86. The number of nitrogens with zero attached hydrogens (tertiary/aromatic N) is 3. The van der Waals surface area contributed by atoms with Crippen molar-refractivity contribution in [3.8, 4) is 0 Å². The molecule has 1 amide bonds. The maximum atomic E-state index is 12.5. The van der Waals surface area contributed by atoms with Gasteiger partial charge in [-0.15, -0.1) is 0 Å². The SMILES string of the molecule is CN(C)[C@H]1CC[C@@H](NC(=O)C2CCN(c3ccc(Cl)cn3)CC2)C1. The van der Waals surface area contributed by atoms with Crippen LogP contribution in [0.2, 0.25) is 5.02 Å². The average Bonchev–Trinajstić information content (AvgIpc) is 3.04. The summed E-state index contributed by atoms with van der Waals surface area (Å²) >= 11 is 5.89. The van der Waals surface area contributed by atoms with E-state index < -0.39 is 0 Å². The highest BCUT2D eigenvalue weighted by molar-refractivity contribution is 6.30. The largest absolute Gasteiger partial charge is 0.357 e. The molecule has 3 rings (SSSR count). The van der Waals surface area contributed by atoms with Crippen molar-refractivity contribution < 1.29 is 4.79 Å². The summed E-state index contributed by atoms with van der Waals surface area (Å²) in [5.74, 6) is 1.32. The van der Waals surface area contributed by atoms with Crippen LogP contribution in [0.3, 0.4) is 0 Å². The fraction of sp³-hybridized carbons (Fsp3) is 0.667. The molecule has 0 radical (unpaired) electrons. The molecule has 1 aromatic rings. The van der Waals surface area contributed by atoms with Crippen LogP contribution < -0.4 is 10.2 Å². The number of halogens is 1. The molecule has 0 bridgehead atoms. The molecular formula is C18H27ClN4O. The number of hydrogen-bond acceptors (Lipinski definition) is 4. The first-order valence-corrected chi connectivity index (χ1v) is 9.24. The normalized spacial score (nSPS) is 25.2. The molecule has 5 nitrogen and oxygen atoms in total. The molecule has 2 heterocycles. The maximum absolute atomic E-state index is 12.5. The molecular weight excluding hydrogens is 324 g/mol. The Morgan fingerprint density at radius 3 is 2.58 bits per heavy atom. The van der Waals surface area contributed by atoms with Crippen LogP contribution in [0.4, 0.5) is 5.82 Å². The van der Waals surface area contributed by atoms with Gasteiger partial charge in [0.05, 0.1) is 5.02 Å². The lowest BCUT2D eigenvalue weighted by Gasteiger charge is -2.32. The van der Waals surface area contributed by atoms with E-state index >= 15 is 0 Å². The van der Waals surface area contributed by atoms with Crippen LogP contribution >= 0.6 is 11.6 Å². The highest BCUT2D eigenvalue weighted by Crippen LogP contribution is 2.25. The van der Waals surface area contributed by atoms with Crippen LogP contribution in [0.1, 0.15) is 32.1 Å². The topological polar surface area (TPSA) is 48.5 Å². The number of carbonyl (C=O) groups excluding carboxylic acids is 1. The van der Waals surface area contributed by atoms with Gasteiger partial charge in [-0.1, -0.05) is 11.6 Å². The Labute approximate surface area is 149 Å². The minimum Gasteiger partial charge on any atom is -0.357 e. The zero-order valence-corrected chi connectivity index (χ0v) is 15.3. The number of hydrogen-bond donors (Lipinski definition) is 1. The number of nitrogens with one attached hydrogen (secondary N) is 1. The van der Waals surface area contributed by atoms with E-state index in [4.69, 9.17) is 11.6 Å². The Morgan fingerprint density at radius 2 is 2.00 bits per heavy atom. The molecule has 6 heteroatoms. The van der Waals surface area contributed by atoms with E-state index in [0.717, 1.165) is 44.6 Å². The monoisotopic (exact) mass is 350 g/mol. The number of carbonyl (C=O) groups is 1. The van der Waals surface area contributed by atoms with Crippen LogP contribution in [-0.2, 0) is 4.79 Å². The fourth-order valence-corrected chi connectivity index (χ4v) is 3.91. The summed E-state index contributed by atoms with van der Waals surface area (Å²) < 4.78 is 0. The Bertz CT molecular complexity index is 555. The predicted octanol–water partition coefficient (Wildman–Crippen LogP) is 2.55. The summed E-state index contributed by atoms with van der Waals surface area (Å²) in [5.41, 5.74) is 0. The molecule has 0 unspecified atom stereocenters. The van der Waals surface area contributed by atoms with Crippen molar-refractivity contribution in [3.63, 3.8) is 0 Å². The molecule has 1 aliphatic carbocycles. The second-order valence-corrected chi connectivity index (χ2v) is 7.67. The summed E-state index contributed by atoms with van der Waals surface area (Å²) in [5, 5.41) is 3.93. The van der Waals surface area contributed by atoms with Gasteiger partial charge in [-0.2, -0.15) is 0 Å². The van der Waals surface area contributed by atoms with Crippen molar-refractivity contribution in [2.45, 2.75) is 44.2 Å². The lowest BCUT2D eigenvalue weighted by molar-refractivity contribution is -0.126. The Hall–Kier alpha value is -1.33. The van der Waals surface area contributed by atoms with Gasteiger partial charge >= 0.3 is 0 Å². The van der Waals surface area contributed by atoms with Gasteiger partial charge in [-0.25, -0.2) is 4.98 Å². The summed E-state index contributed by atoms with van der Waals surface area (Å²) in [6.07, 6.45) is 6.81. The van der Waals surface area contributed by atoms with Crippen LogP contribution in [-0.4, -0.2) is 55.1 Å². The zero-order valence-electron chi connectivity index (χ0n) is 14.5. The summed E-state index contributed by atoms with van der Waals surface area (Å²) in [7, 11) is 4.24. The van der Waals surface area contributed by atoms with Gasteiger partial charge in [0.2, 0.25) is 5.91 Å². The van der Waals surface area contributed by atoms with E-state index in [1.165, 1.54) is 6.42 Å². The number of amides is 1. The lowest BCUT2D eigenvalue weighted by Crippen LogP contribution is -2.43. The van der Waals surface area contributed by atoms with Crippen LogP contribution in [0.25, 0.3) is 0 Å². The molecule has 2 aliphatic rings. The number of pyridine rings is 1. The minimum absolute atomic E-state index is 0.131. The first-order chi connectivity index (χ1) is 11.5. The standard InChI is InChI=1S/C18H27ClN4O/c1-22(2)16-5-4-15(11-16)21-18(24)13-7-9-23(10-8-13)17-6-3-14(19)12-20-17/h3,6,12-13,15-16H,4-5,7-11H2,1-2H3,(H,21,24)/t15-,16+/m1/s1. The van der Waals surface area contributed by atoms with E-state index in [0.29, 0.717) is 17.1 Å². The maximum Gasteiger partial charge on any atom is 0.223 e. The van der Waals surface area contributed by atoms with Crippen molar-refractivity contribution in [2.24, 2.45) is 5.92 Å². The predicted molar refractivity (Wildman–Crippen MR) is 97.4 cm³/mol. The van der Waals surface area contributed by atoms with E-state index in [-0.39, 0.29) is 11.8 Å². The molecule has 1 N–H and O–H groups in total. The van der Waals surface area contributed by atoms with Crippen LogP contribution in [0.5, 0.6) is 0 Å². The van der Waals surface area contributed by atoms with Crippen LogP contribution in [0.15, 0.2) is 18.3 Å². The Morgan fingerprint density at radius 1 is 1.25 bits per heavy atom. The van der Waals surface area contributed by atoms with Gasteiger partial charge in [-0.05, 0) is 58.3 Å². The Balaban J connectivity index is 1.46. The smallest absolute Gasteiger partial charge is 0.223 e. The molecule has 1 saturated heterocycles. The molecule has 1 saturated carbocycles. The second-order valence-electron chi connectivity index (χ2n) is 7.23. The summed E-state index contributed by atoms with van der Waals surface area (Å²) in [4.78, 5) is 21.4. The first kappa shape index (κ1) is 17.5. The molecule has 2 atom stereocenters. The van der Waals surface area contributed by atoms with Crippen molar-refractivity contribution in [3.05, 3.63) is 23.4 Å². The molecule has 1 aromatic heterocycles. The molecule has 0 spiro atoms. The van der Waals surface area contributed by atoms with Gasteiger partial charge in [0.25, 0.3) is 0 Å². The van der Waals surface area contributed by atoms with Gasteiger partial charge < -0.3 is 15.1 Å². The fourth-order valence-electron chi connectivity index (χ4n) is 3.80. The van der Waals surface area contributed by atoms with Gasteiger partial charge in [0.15, 0.2) is 0 Å². The van der Waals surface area contributed by atoms with E-state index in [9.17, 15) is 4.79 Å². The number of anilines is 1. The number of aromatic nitrogens is 1. The zero-order chi connectivity index (χ0) is 17.1. The minimum atomic E-state index is 0.131. The van der Waals surface area contributed by atoms with E-state index in [2.05, 4.69) is 34.2 Å². The van der Waals surface area contributed by atoms with E-state index in [1.807, 2.05) is 12.1 Å². The average molecular weight is 351 g/mol. The van der Waals surface area contributed by atoms with Gasteiger partial charge in [0, 0.05) is 37.3 Å². The molecule has 2 fully saturated rings. The lowest BCUT2D eigenvalue weighted by atomic mass is 9.95. The van der Waals surface area contributed by atoms with Crippen molar-refractivity contribution in [1.29, 1.82) is 0 Å². The second kappa shape index (κ2) is 7.70. The third-order valence-corrected chi connectivity index (χ3v) is 5.61. The highest BCUT2D eigenvalue weighted by Gasteiger charge is 2.31. The van der Waals surface area contributed by atoms with Gasteiger partial charge in [-0.3, -0.25) is 4.79 Å². The summed E-state index contributed by atoms with van der Waals surface area (Å²) in [6, 6.07) is 4.76. The third-order valence-electron chi connectivity index (χ3n) is 5.38. The van der Waals surface area contributed by atoms with Crippen LogP contribution in [0, 0.1) is 5.92 Å². The summed E-state index contributed by atoms with van der Waals surface area (Å²) in [6.45, 7) is 1.75.